The smallest absolute Gasteiger partial charge is 0.407 e. The molecule has 0 aromatic carbocycles. The van der Waals surface area contributed by atoms with Gasteiger partial charge >= 0.3 is 29.7 Å². The summed E-state index contributed by atoms with van der Waals surface area (Å²) in [6.07, 6.45) is 9.13. The number of nitrogens with zero attached hydrogens (tertiary/aromatic N) is 10. The van der Waals surface area contributed by atoms with E-state index in [9.17, 15) is 34.6 Å². The van der Waals surface area contributed by atoms with E-state index in [1.165, 1.54) is 12.7 Å². The molecule has 25 nitrogen and oxygen atoms in total. The Hall–Kier alpha value is -5.92. The van der Waals surface area contributed by atoms with E-state index in [0.29, 0.717) is 31.6 Å². The average Bonchev–Trinajstić information content (AvgIpc) is 3.23. The summed E-state index contributed by atoms with van der Waals surface area (Å²) in [5.41, 5.74) is 4.27. The number of hydrogen-bond acceptors (Lipinski definition) is 20. The van der Waals surface area contributed by atoms with Crippen molar-refractivity contribution < 1.29 is 38.4 Å². The Balaban J connectivity index is 0.000000257. The van der Waals surface area contributed by atoms with E-state index >= 15 is 0 Å². The van der Waals surface area contributed by atoms with Crippen molar-refractivity contribution in [3.63, 3.8) is 0 Å². The molecule has 0 saturated carbocycles. The fourth-order valence-electron chi connectivity index (χ4n) is 6.68. The van der Waals surface area contributed by atoms with Crippen LogP contribution in [0.1, 0.15) is 101 Å². The van der Waals surface area contributed by atoms with Crippen molar-refractivity contribution in [2.75, 3.05) is 54.8 Å². The summed E-state index contributed by atoms with van der Waals surface area (Å²) < 4.78 is 15.7. The number of nitrogen functional groups attached to an aromatic ring is 1. The lowest BCUT2D eigenvalue weighted by Gasteiger charge is -2.33. The normalized spacial score (nSPS) is 15.8. The molecule has 0 atom stereocenters. The number of rotatable bonds is 7. The lowest BCUT2D eigenvalue weighted by atomic mass is 10.1. The van der Waals surface area contributed by atoms with Crippen LogP contribution < -0.4 is 36.8 Å². The first-order valence-corrected chi connectivity index (χ1v) is 23.5. The number of nitrogens with two attached hydrogens (primary N) is 1. The van der Waals surface area contributed by atoms with Gasteiger partial charge in [0, 0.05) is 44.3 Å². The van der Waals surface area contributed by atoms with Gasteiger partial charge in [-0.2, -0.15) is 0 Å². The lowest BCUT2D eigenvalue weighted by Crippen LogP contribution is -2.46. The SMILES string of the molecule is CC(C)(C)OC(=O)NC1CCN(c2ncnc(Cl)c2[N+](=O)[O-])CC1.CC(C)(C)OC(=O)NC1CCN(c2ncncc2N)CC1.CC(C)(C)OC(=O)NC1CCNCC1.O=[N+]([O-])c1c(Cl)ncnc1Cl. The van der Waals surface area contributed by atoms with Gasteiger partial charge in [-0.05, 0) is 114 Å². The monoisotopic (exact) mass is 1040 g/mol. The Labute approximate surface area is 421 Å². The van der Waals surface area contributed by atoms with E-state index in [1.54, 1.807) is 31.9 Å². The molecule has 3 aliphatic rings. The molecule has 3 aromatic rings. The fourth-order valence-corrected chi connectivity index (χ4v) is 7.33. The Morgan fingerprint density at radius 1 is 0.600 bits per heavy atom. The van der Waals surface area contributed by atoms with Crippen molar-refractivity contribution in [2.24, 2.45) is 0 Å². The number of nitro groups is 2. The zero-order valence-electron chi connectivity index (χ0n) is 40.8. The molecule has 3 aliphatic heterocycles. The molecule has 3 fully saturated rings. The van der Waals surface area contributed by atoms with E-state index in [1.807, 2.05) is 41.5 Å². The summed E-state index contributed by atoms with van der Waals surface area (Å²) in [7, 11) is 0. The highest BCUT2D eigenvalue weighted by Gasteiger charge is 2.31. The summed E-state index contributed by atoms with van der Waals surface area (Å²) >= 11 is 16.5. The third-order valence-corrected chi connectivity index (χ3v) is 10.5. The van der Waals surface area contributed by atoms with Crippen LogP contribution in [0.3, 0.4) is 0 Å². The topological polar surface area (TPSA) is 323 Å². The van der Waals surface area contributed by atoms with Crippen LogP contribution in [0.4, 0.5) is 43.1 Å². The van der Waals surface area contributed by atoms with Crippen molar-refractivity contribution in [3.8, 4) is 0 Å². The second-order valence-corrected chi connectivity index (χ2v) is 20.0. The van der Waals surface area contributed by atoms with Crippen LogP contribution in [0.25, 0.3) is 0 Å². The van der Waals surface area contributed by atoms with Crippen LogP contribution in [0.15, 0.2) is 25.2 Å². The average molecular weight is 1050 g/mol. The van der Waals surface area contributed by atoms with Gasteiger partial charge in [-0.1, -0.05) is 34.8 Å². The highest BCUT2D eigenvalue weighted by molar-refractivity contribution is 6.36. The maximum absolute atomic E-state index is 11.8. The summed E-state index contributed by atoms with van der Waals surface area (Å²) in [6.45, 7) is 21.1. The summed E-state index contributed by atoms with van der Waals surface area (Å²) in [6, 6.07) is 0.345. The third kappa shape index (κ3) is 21.4. The molecule has 388 valence electrons. The zero-order chi connectivity index (χ0) is 52.4. The molecule has 6 N–H and O–H groups in total. The van der Waals surface area contributed by atoms with E-state index < -0.39 is 38.4 Å². The number of halogens is 3. The fraction of sp³-hybridized carbons (Fsp3) is 0.643. The van der Waals surface area contributed by atoms with Crippen LogP contribution in [0.2, 0.25) is 15.5 Å². The maximum atomic E-state index is 11.8. The van der Waals surface area contributed by atoms with Crippen LogP contribution in [0, 0.1) is 20.2 Å². The Bertz CT molecular complexity index is 2190. The Kier molecular flexibility index (Phi) is 22.4. The minimum absolute atomic E-state index is 0.0486. The number of carbonyl (C=O) groups excluding carboxylic acids is 3. The zero-order valence-corrected chi connectivity index (χ0v) is 43.1. The van der Waals surface area contributed by atoms with Gasteiger partial charge in [0.05, 0.1) is 21.7 Å². The Morgan fingerprint density at radius 2 is 0.943 bits per heavy atom. The van der Waals surface area contributed by atoms with Crippen LogP contribution >= 0.6 is 34.8 Å². The first-order valence-electron chi connectivity index (χ1n) is 22.3. The molecular formula is C42H64Cl3N15O10. The van der Waals surface area contributed by atoms with E-state index in [4.69, 9.17) is 54.7 Å². The predicted octanol–water partition coefficient (Wildman–Crippen LogP) is 7.04. The molecule has 0 spiro atoms. The molecule has 6 heterocycles. The molecule has 3 saturated heterocycles. The maximum Gasteiger partial charge on any atom is 0.407 e. The van der Waals surface area contributed by atoms with Gasteiger partial charge in [-0.15, -0.1) is 0 Å². The number of hydrogen-bond donors (Lipinski definition) is 5. The Morgan fingerprint density at radius 3 is 1.30 bits per heavy atom. The van der Waals surface area contributed by atoms with Crippen molar-refractivity contribution in [1.29, 1.82) is 0 Å². The lowest BCUT2D eigenvalue weighted by molar-refractivity contribution is -0.385. The van der Waals surface area contributed by atoms with Crippen molar-refractivity contribution in [3.05, 3.63) is 60.9 Å². The highest BCUT2D eigenvalue weighted by atomic mass is 35.5. The number of anilines is 3. The standard InChI is InChI=1S/C14H20ClN5O4.C14H23N5O2.C10H20N2O2.C4HCl2N3O2/c1-14(2,3)24-13(21)18-9-4-6-19(7-5-9)12-10(20(22)23)11(15)16-8-17-12;1-14(2,3)21-13(20)18-10-4-6-19(7-5-10)12-11(15)8-16-9-17-12;1-10(2,3)14-9(13)12-8-4-6-11-7-5-8;5-3-2(9(10)11)4(6)8-1-7-3/h8-9H,4-7H2,1-3H3,(H,18,21);8-10H,4-7,15H2,1-3H3,(H,18,20);8,11H,4-7H2,1-3H3,(H,12,13);1H. The van der Waals surface area contributed by atoms with E-state index in [2.05, 4.69) is 56.1 Å². The molecule has 0 unspecified atom stereocenters. The third-order valence-electron chi connectivity index (χ3n) is 9.67. The molecule has 6 rings (SSSR count). The predicted molar refractivity (Wildman–Crippen MR) is 263 cm³/mol. The largest absolute Gasteiger partial charge is 0.444 e. The van der Waals surface area contributed by atoms with Crippen molar-refractivity contribution in [2.45, 2.75) is 136 Å². The molecule has 70 heavy (non-hydrogen) atoms. The van der Waals surface area contributed by atoms with Crippen molar-refractivity contribution in [1.82, 2.24) is 51.2 Å². The number of aromatic nitrogens is 6. The van der Waals surface area contributed by atoms with Crippen LogP contribution in [-0.2, 0) is 14.2 Å². The molecule has 28 heteroatoms. The van der Waals surface area contributed by atoms with Crippen LogP contribution in [0.5, 0.6) is 0 Å². The number of nitrogens with one attached hydrogen (secondary N) is 4. The van der Waals surface area contributed by atoms with Crippen LogP contribution in [-0.4, -0.2) is 132 Å². The number of piperidine rings is 3. The number of amides is 3. The summed E-state index contributed by atoms with van der Waals surface area (Å²) in [5.74, 6) is 0.969. The first-order chi connectivity index (χ1) is 32.6. The van der Waals surface area contributed by atoms with Gasteiger partial charge < -0.3 is 51.0 Å². The molecule has 0 aliphatic carbocycles. The minimum Gasteiger partial charge on any atom is -0.444 e. The molecular weight excluding hydrogens is 981 g/mol. The van der Waals surface area contributed by atoms with E-state index in [-0.39, 0.29) is 57.3 Å². The second kappa shape index (κ2) is 26.9. The second-order valence-electron chi connectivity index (χ2n) is 18.9. The molecule has 0 radical (unpaired) electrons. The molecule has 3 amide bonds. The van der Waals surface area contributed by atoms with Crippen molar-refractivity contribution >= 4 is 81.8 Å². The van der Waals surface area contributed by atoms with Gasteiger partial charge in [0.25, 0.3) is 0 Å². The van der Waals surface area contributed by atoms with E-state index in [0.717, 1.165) is 64.0 Å². The number of ether oxygens (including phenoxy) is 3. The summed E-state index contributed by atoms with van der Waals surface area (Å²) in [4.78, 5) is 81.4. The highest BCUT2D eigenvalue weighted by Crippen LogP contribution is 2.33. The number of carbonyl (C=O) groups is 3. The quantitative estimate of drug-likeness (QED) is 0.0685. The van der Waals surface area contributed by atoms with Gasteiger partial charge in [0.2, 0.25) is 21.3 Å². The van der Waals surface area contributed by atoms with Gasteiger partial charge in [0.1, 0.15) is 35.8 Å². The van der Waals surface area contributed by atoms with Gasteiger partial charge in [0.15, 0.2) is 5.82 Å². The molecule has 0 bridgehead atoms. The van der Waals surface area contributed by atoms with Gasteiger partial charge in [-0.25, -0.2) is 44.3 Å². The first kappa shape index (κ1) is 58.4. The summed E-state index contributed by atoms with van der Waals surface area (Å²) in [5, 5.41) is 32.5. The molecule has 3 aromatic heterocycles. The van der Waals surface area contributed by atoms with Gasteiger partial charge in [-0.3, -0.25) is 20.2 Å². The number of alkyl carbamates (subject to hydrolysis) is 3. The minimum atomic E-state index is -0.731.